The quantitative estimate of drug-likeness (QED) is 0.792. The van der Waals surface area contributed by atoms with Crippen LogP contribution in [0.3, 0.4) is 0 Å². The van der Waals surface area contributed by atoms with Crippen molar-refractivity contribution < 1.29 is 13.9 Å². The van der Waals surface area contributed by atoms with Crippen molar-refractivity contribution in [3.8, 4) is 5.75 Å². The number of carbonyl (C=O) groups is 1. The molecule has 1 aliphatic heterocycles. The number of piperidine rings is 1. The first-order valence-electron chi connectivity index (χ1n) is 8.49. The molecule has 134 valence electrons. The Morgan fingerprint density at radius 2 is 2.04 bits per heavy atom. The van der Waals surface area contributed by atoms with Gasteiger partial charge in [-0.15, -0.1) is 0 Å². The molecule has 1 aliphatic rings. The normalized spacial score (nSPS) is 17.8. The van der Waals surface area contributed by atoms with Gasteiger partial charge < -0.3 is 15.0 Å². The van der Waals surface area contributed by atoms with Crippen LogP contribution in [0, 0.1) is 11.7 Å². The molecule has 1 heterocycles. The molecule has 0 spiro atoms. The lowest BCUT2D eigenvalue weighted by Gasteiger charge is -2.33. The largest absolute Gasteiger partial charge is 0.480 e. The smallest absolute Gasteiger partial charge is 0.260 e. The van der Waals surface area contributed by atoms with Crippen molar-refractivity contribution in [1.82, 2.24) is 10.2 Å². The fourth-order valence-corrected chi connectivity index (χ4v) is 3.35. The Hall–Kier alpha value is -1.14. The predicted octanol–water partition coefficient (Wildman–Crippen LogP) is 3.59. The van der Waals surface area contributed by atoms with E-state index in [1.807, 2.05) is 0 Å². The van der Waals surface area contributed by atoms with Crippen LogP contribution in [0.1, 0.15) is 33.6 Å². The van der Waals surface area contributed by atoms with E-state index in [-0.39, 0.29) is 17.8 Å². The minimum Gasteiger partial charge on any atom is -0.480 e. The zero-order valence-corrected chi connectivity index (χ0v) is 16.1. The summed E-state index contributed by atoms with van der Waals surface area (Å²) in [4.78, 5) is 14.8. The Balaban J connectivity index is 1.80. The van der Waals surface area contributed by atoms with E-state index in [1.54, 1.807) is 6.92 Å². The van der Waals surface area contributed by atoms with E-state index >= 15 is 0 Å². The van der Waals surface area contributed by atoms with Crippen LogP contribution >= 0.6 is 15.9 Å². The maximum absolute atomic E-state index is 13.1. The van der Waals surface area contributed by atoms with Crippen LogP contribution in [0.5, 0.6) is 5.75 Å². The van der Waals surface area contributed by atoms with Crippen LogP contribution < -0.4 is 10.1 Å². The molecule has 1 atom stereocenters. The molecule has 1 aromatic rings. The minimum absolute atomic E-state index is 0.131. The summed E-state index contributed by atoms with van der Waals surface area (Å²) >= 11 is 3.25. The van der Waals surface area contributed by atoms with Gasteiger partial charge in [-0.25, -0.2) is 4.39 Å². The van der Waals surface area contributed by atoms with Crippen molar-refractivity contribution in [1.29, 1.82) is 0 Å². The monoisotopic (exact) mass is 400 g/mol. The molecule has 4 nitrogen and oxygen atoms in total. The zero-order chi connectivity index (χ0) is 17.7. The van der Waals surface area contributed by atoms with Crippen LogP contribution in [0.25, 0.3) is 0 Å². The number of hydrogen-bond donors (Lipinski definition) is 1. The second-order valence-corrected chi connectivity index (χ2v) is 7.67. The molecule has 6 heteroatoms. The molecule has 0 radical (unpaired) electrons. The van der Waals surface area contributed by atoms with Gasteiger partial charge in [0, 0.05) is 25.7 Å². The fourth-order valence-electron chi connectivity index (χ4n) is 2.91. The molecule has 0 aromatic heterocycles. The lowest BCUT2D eigenvalue weighted by molar-refractivity contribution is -0.128. The second-order valence-electron chi connectivity index (χ2n) is 6.81. The average molecular weight is 401 g/mol. The molecule has 0 bridgehead atoms. The van der Waals surface area contributed by atoms with Gasteiger partial charge in [0.15, 0.2) is 6.10 Å². The molecule has 0 aliphatic carbocycles. The molecule has 1 unspecified atom stereocenters. The number of amides is 1. The van der Waals surface area contributed by atoms with E-state index < -0.39 is 6.10 Å². The third-order valence-corrected chi connectivity index (χ3v) is 4.74. The molecule has 2 rings (SSSR count). The van der Waals surface area contributed by atoms with Gasteiger partial charge in [-0.1, -0.05) is 13.8 Å². The summed E-state index contributed by atoms with van der Waals surface area (Å²) in [5.41, 5.74) is 0. The first-order chi connectivity index (χ1) is 11.3. The van der Waals surface area contributed by atoms with E-state index in [0.717, 1.165) is 32.5 Å². The molecule has 1 aromatic carbocycles. The highest BCUT2D eigenvalue weighted by atomic mass is 79.9. The standard InChI is InChI=1S/C18H26BrFN2O2/c1-12(2)11-22-8-6-15(7-9-22)21-18(23)13(3)24-17-5-4-14(20)10-16(17)19/h4-5,10,12-13,15H,6-9,11H2,1-3H3,(H,21,23). The summed E-state index contributed by atoms with van der Waals surface area (Å²) in [6.45, 7) is 9.29. The summed E-state index contributed by atoms with van der Waals surface area (Å²) in [5.74, 6) is 0.651. The number of nitrogens with one attached hydrogen (secondary N) is 1. The average Bonchev–Trinajstić information content (AvgIpc) is 2.51. The first-order valence-corrected chi connectivity index (χ1v) is 9.29. The van der Waals surface area contributed by atoms with Crippen LogP contribution in [-0.2, 0) is 4.79 Å². The summed E-state index contributed by atoms with van der Waals surface area (Å²) < 4.78 is 19.2. The number of halogens is 2. The van der Waals surface area contributed by atoms with Gasteiger partial charge in [0.1, 0.15) is 11.6 Å². The number of nitrogens with zero attached hydrogens (tertiary/aromatic N) is 1. The number of rotatable bonds is 6. The number of benzene rings is 1. The van der Waals surface area contributed by atoms with Gasteiger partial charge in [0.05, 0.1) is 4.47 Å². The van der Waals surface area contributed by atoms with Crippen LogP contribution in [0.15, 0.2) is 22.7 Å². The summed E-state index contributed by atoms with van der Waals surface area (Å²) in [6, 6.07) is 4.36. The van der Waals surface area contributed by atoms with E-state index in [2.05, 4.69) is 40.0 Å². The first kappa shape index (κ1) is 19.2. The number of likely N-dealkylation sites (tertiary alicyclic amines) is 1. The zero-order valence-electron chi connectivity index (χ0n) is 14.5. The lowest BCUT2D eigenvalue weighted by atomic mass is 10.0. The molecule has 1 saturated heterocycles. The van der Waals surface area contributed by atoms with Crippen molar-refractivity contribution in [2.75, 3.05) is 19.6 Å². The van der Waals surface area contributed by atoms with Crippen molar-refractivity contribution >= 4 is 21.8 Å². The van der Waals surface area contributed by atoms with Crippen molar-refractivity contribution in [3.63, 3.8) is 0 Å². The maximum atomic E-state index is 13.1. The van der Waals surface area contributed by atoms with Crippen molar-refractivity contribution in [3.05, 3.63) is 28.5 Å². The van der Waals surface area contributed by atoms with E-state index in [0.29, 0.717) is 16.1 Å². The van der Waals surface area contributed by atoms with Gasteiger partial charge >= 0.3 is 0 Å². The molecule has 1 N–H and O–H groups in total. The highest BCUT2D eigenvalue weighted by Gasteiger charge is 2.24. The lowest BCUT2D eigenvalue weighted by Crippen LogP contribution is -2.48. The number of carbonyl (C=O) groups excluding carboxylic acids is 1. The maximum Gasteiger partial charge on any atom is 0.260 e. The van der Waals surface area contributed by atoms with Crippen LogP contribution in [0.2, 0.25) is 0 Å². The Labute approximate surface area is 151 Å². The number of ether oxygens (including phenoxy) is 1. The fraction of sp³-hybridized carbons (Fsp3) is 0.611. The summed E-state index contributed by atoms with van der Waals surface area (Å²) in [6.07, 6.45) is 1.30. The summed E-state index contributed by atoms with van der Waals surface area (Å²) in [7, 11) is 0. The Bertz CT molecular complexity index is 560. The molecule has 24 heavy (non-hydrogen) atoms. The molecule has 0 saturated carbocycles. The molecule has 1 fully saturated rings. The highest BCUT2D eigenvalue weighted by molar-refractivity contribution is 9.10. The third-order valence-electron chi connectivity index (χ3n) is 4.12. The van der Waals surface area contributed by atoms with Gasteiger partial charge in [0.25, 0.3) is 5.91 Å². The van der Waals surface area contributed by atoms with Gasteiger partial charge in [-0.3, -0.25) is 4.79 Å². The molecular formula is C18H26BrFN2O2. The van der Waals surface area contributed by atoms with E-state index in [1.165, 1.54) is 18.2 Å². The van der Waals surface area contributed by atoms with Crippen LogP contribution in [0.4, 0.5) is 4.39 Å². The topological polar surface area (TPSA) is 41.6 Å². The third kappa shape index (κ3) is 5.74. The van der Waals surface area contributed by atoms with Crippen molar-refractivity contribution in [2.24, 2.45) is 5.92 Å². The van der Waals surface area contributed by atoms with Gasteiger partial charge in [-0.05, 0) is 59.8 Å². The second kappa shape index (κ2) is 8.81. The van der Waals surface area contributed by atoms with E-state index in [4.69, 9.17) is 4.74 Å². The number of hydrogen-bond acceptors (Lipinski definition) is 3. The predicted molar refractivity (Wildman–Crippen MR) is 96.6 cm³/mol. The van der Waals surface area contributed by atoms with Gasteiger partial charge in [0.2, 0.25) is 0 Å². The Kier molecular flexibility index (Phi) is 7.04. The summed E-state index contributed by atoms with van der Waals surface area (Å²) in [5, 5.41) is 3.06. The minimum atomic E-state index is -0.625. The molecular weight excluding hydrogens is 375 g/mol. The SMILES string of the molecule is CC(C)CN1CCC(NC(=O)C(C)Oc2ccc(F)cc2Br)CC1. The van der Waals surface area contributed by atoms with Crippen LogP contribution in [-0.4, -0.2) is 42.6 Å². The van der Waals surface area contributed by atoms with E-state index in [9.17, 15) is 9.18 Å². The molecule has 1 amide bonds. The van der Waals surface area contributed by atoms with Crippen molar-refractivity contribution in [2.45, 2.75) is 45.8 Å². The van der Waals surface area contributed by atoms with Gasteiger partial charge in [-0.2, -0.15) is 0 Å². The Morgan fingerprint density at radius 1 is 1.38 bits per heavy atom. The Morgan fingerprint density at radius 3 is 2.62 bits per heavy atom. The highest BCUT2D eigenvalue weighted by Crippen LogP contribution is 2.26.